The predicted octanol–water partition coefficient (Wildman–Crippen LogP) is 4.22. The Labute approximate surface area is 178 Å². The first-order chi connectivity index (χ1) is 13.8. The number of benzene rings is 2. The molecule has 0 heterocycles. The molecule has 0 saturated carbocycles. The molecule has 0 aromatic heterocycles. The molecular weight excluding hydrogens is 388 g/mol. The summed E-state index contributed by atoms with van der Waals surface area (Å²) in [6, 6.07) is 14.4. The highest BCUT2D eigenvalue weighted by atomic mass is 35.5. The average Bonchev–Trinajstić information content (AvgIpc) is 2.70. The number of halogens is 1. The molecule has 0 bridgehead atoms. The molecule has 0 fully saturated rings. The first-order valence-corrected chi connectivity index (χ1v) is 10.2. The molecule has 1 atom stereocenters. The van der Waals surface area contributed by atoms with Crippen LogP contribution in [0.1, 0.15) is 38.3 Å². The van der Waals surface area contributed by atoms with Crippen LogP contribution in [0.2, 0.25) is 5.02 Å². The van der Waals surface area contributed by atoms with Crippen molar-refractivity contribution in [2.24, 2.45) is 0 Å². The lowest BCUT2D eigenvalue weighted by atomic mass is 10.1. The van der Waals surface area contributed by atoms with E-state index < -0.39 is 6.04 Å². The maximum atomic E-state index is 13.1. The highest BCUT2D eigenvalue weighted by Gasteiger charge is 2.26. The summed E-state index contributed by atoms with van der Waals surface area (Å²) >= 11 is 6.22. The van der Waals surface area contributed by atoms with Crippen LogP contribution in [0.3, 0.4) is 0 Å². The molecule has 2 amide bonds. The molecule has 2 aromatic rings. The fourth-order valence-electron chi connectivity index (χ4n) is 3.04. The zero-order valence-corrected chi connectivity index (χ0v) is 18.2. The van der Waals surface area contributed by atoms with Crippen molar-refractivity contribution >= 4 is 23.4 Å². The van der Waals surface area contributed by atoms with Crippen molar-refractivity contribution in [2.45, 2.75) is 52.2 Å². The average molecular weight is 417 g/mol. The number of nitrogens with zero attached hydrogens (tertiary/aromatic N) is 1. The maximum absolute atomic E-state index is 13.1. The molecule has 5 nitrogen and oxygen atoms in total. The monoisotopic (exact) mass is 416 g/mol. The Morgan fingerprint density at radius 2 is 1.83 bits per heavy atom. The second-order valence-electron chi connectivity index (χ2n) is 7.30. The molecule has 156 valence electrons. The van der Waals surface area contributed by atoms with Gasteiger partial charge in [0.2, 0.25) is 11.8 Å². The summed E-state index contributed by atoms with van der Waals surface area (Å²) in [4.78, 5) is 27.3. The molecule has 1 N–H and O–H groups in total. The molecule has 0 unspecified atom stereocenters. The van der Waals surface area contributed by atoms with Gasteiger partial charge in [-0.2, -0.15) is 0 Å². The number of amides is 2. The van der Waals surface area contributed by atoms with Crippen LogP contribution in [0, 0.1) is 0 Å². The van der Waals surface area contributed by atoms with E-state index in [0.29, 0.717) is 23.7 Å². The number of ether oxygens (including phenoxy) is 1. The van der Waals surface area contributed by atoms with Gasteiger partial charge in [0.25, 0.3) is 0 Å². The van der Waals surface area contributed by atoms with Crippen molar-refractivity contribution < 1.29 is 14.3 Å². The number of rotatable bonds is 9. The molecule has 0 aliphatic heterocycles. The van der Waals surface area contributed by atoms with Gasteiger partial charge in [-0.1, -0.05) is 41.9 Å². The number of carbonyl (C=O) groups is 2. The third kappa shape index (κ3) is 6.79. The van der Waals surface area contributed by atoms with E-state index in [9.17, 15) is 9.59 Å². The van der Waals surface area contributed by atoms with Crippen molar-refractivity contribution in [3.05, 3.63) is 64.7 Å². The van der Waals surface area contributed by atoms with E-state index in [0.717, 1.165) is 11.1 Å². The van der Waals surface area contributed by atoms with E-state index in [2.05, 4.69) is 5.32 Å². The first-order valence-electron chi connectivity index (χ1n) is 9.78. The molecule has 29 heavy (non-hydrogen) atoms. The summed E-state index contributed by atoms with van der Waals surface area (Å²) in [6.45, 7) is 5.88. The molecule has 0 aliphatic carbocycles. The zero-order valence-electron chi connectivity index (χ0n) is 17.4. The number of carbonyl (C=O) groups excluding carboxylic acids is 2. The fourth-order valence-corrected chi connectivity index (χ4v) is 3.27. The zero-order chi connectivity index (χ0) is 21.4. The van der Waals surface area contributed by atoms with Crippen LogP contribution in [0.4, 0.5) is 0 Å². The minimum Gasteiger partial charge on any atom is -0.497 e. The standard InChI is InChI=1S/C23H29ClN2O3/c1-16(2)25-23(28)17(3)26(15-18-8-7-10-20(14-18)29-4)22(27)13-12-19-9-5-6-11-21(19)24/h5-11,14,16-17H,12-13,15H2,1-4H3,(H,25,28)/t17-/m0/s1. The Bertz CT molecular complexity index is 838. The largest absolute Gasteiger partial charge is 0.497 e. The SMILES string of the molecule is COc1cccc(CN(C(=O)CCc2ccccc2Cl)[C@@H](C)C(=O)NC(C)C)c1. The minimum atomic E-state index is -0.595. The lowest BCUT2D eigenvalue weighted by Gasteiger charge is -2.29. The van der Waals surface area contributed by atoms with Gasteiger partial charge in [-0.15, -0.1) is 0 Å². The quantitative estimate of drug-likeness (QED) is 0.665. The van der Waals surface area contributed by atoms with Gasteiger partial charge >= 0.3 is 0 Å². The Morgan fingerprint density at radius 1 is 1.10 bits per heavy atom. The Morgan fingerprint density at radius 3 is 2.48 bits per heavy atom. The summed E-state index contributed by atoms with van der Waals surface area (Å²) in [5.41, 5.74) is 1.82. The maximum Gasteiger partial charge on any atom is 0.242 e. The van der Waals surface area contributed by atoms with E-state index >= 15 is 0 Å². The highest BCUT2D eigenvalue weighted by Crippen LogP contribution is 2.20. The van der Waals surface area contributed by atoms with Crippen LogP contribution in [-0.2, 0) is 22.6 Å². The first kappa shape index (κ1) is 22.8. The van der Waals surface area contributed by atoms with E-state index in [1.807, 2.05) is 62.4 Å². The fraction of sp³-hybridized carbons (Fsp3) is 0.391. The number of nitrogens with one attached hydrogen (secondary N) is 1. The summed E-state index contributed by atoms with van der Waals surface area (Å²) < 4.78 is 5.28. The lowest BCUT2D eigenvalue weighted by molar-refractivity contribution is -0.140. The van der Waals surface area contributed by atoms with Gasteiger partial charge < -0.3 is 15.0 Å². The van der Waals surface area contributed by atoms with E-state index in [1.165, 1.54) is 0 Å². The topological polar surface area (TPSA) is 58.6 Å². The molecule has 0 radical (unpaired) electrons. The molecule has 2 aromatic carbocycles. The second-order valence-corrected chi connectivity index (χ2v) is 7.71. The van der Waals surface area contributed by atoms with E-state index in [1.54, 1.807) is 18.9 Å². The lowest BCUT2D eigenvalue weighted by Crippen LogP contribution is -2.49. The summed E-state index contributed by atoms with van der Waals surface area (Å²) in [6.07, 6.45) is 0.790. The molecular formula is C23H29ClN2O3. The van der Waals surface area contributed by atoms with Crippen LogP contribution >= 0.6 is 11.6 Å². The van der Waals surface area contributed by atoms with E-state index in [-0.39, 0.29) is 24.3 Å². The van der Waals surface area contributed by atoms with Gasteiger partial charge in [0, 0.05) is 24.0 Å². The number of aryl methyl sites for hydroxylation is 1. The third-order valence-electron chi connectivity index (χ3n) is 4.65. The van der Waals surface area contributed by atoms with Gasteiger partial charge in [-0.05, 0) is 56.5 Å². The van der Waals surface area contributed by atoms with Crippen LogP contribution < -0.4 is 10.1 Å². The normalized spacial score (nSPS) is 11.8. The second kappa shape index (κ2) is 10.9. The van der Waals surface area contributed by atoms with Crippen LogP contribution in [0.5, 0.6) is 5.75 Å². The van der Waals surface area contributed by atoms with Crippen LogP contribution in [0.25, 0.3) is 0 Å². The van der Waals surface area contributed by atoms with Crippen molar-refractivity contribution in [3.8, 4) is 5.75 Å². The number of hydrogen-bond donors (Lipinski definition) is 1. The Balaban J connectivity index is 2.19. The summed E-state index contributed by atoms with van der Waals surface area (Å²) in [7, 11) is 1.60. The van der Waals surface area contributed by atoms with Crippen molar-refractivity contribution in [1.29, 1.82) is 0 Å². The Kier molecular flexibility index (Phi) is 8.52. The molecule has 2 rings (SSSR count). The van der Waals surface area contributed by atoms with Crippen LogP contribution in [0.15, 0.2) is 48.5 Å². The Hall–Kier alpha value is -2.53. The molecule has 6 heteroatoms. The smallest absolute Gasteiger partial charge is 0.242 e. The van der Waals surface area contributed by atoms with Gasteiger partial charge in [0.15, 0.2) is 0 Å². The van der Waals surface area contributed by atoms with Crippen molar-refractivity contribution in [2.75, 3.05) is 7.11 Å². The summed E-state index contributed by atoms with van der Waals surface area (Å²) in [5.74, 6) is 0.443. The van der Waals surface area contributed by atoms with Crippen LogP contribution in [-0.4, -0.2) is 35.9 Å². The molecule has 0 spiro atoms. The van der Waals surface area contributed by atoms with Gasteiger partial charge in [0.1, 0.15) is 11.8 Å². The predicted molar refractivity (Wildman–Crippen MR) is 116 cm³/mol. The molecule has 0 aliphatic rings. The third-order valence-corrected chi connectivity index (χ3v) is 5.02. The highest BCUT2D eigenvalue weighted by molar-refractivity contribution is 6.31. The summed E-state index contributed by atoms with van der Waals surface area (Å²) in [5, 5.41) is 3.53. The van der Waals surface area contributed by atoms with Crippen molar-refractivity contribution in [3.63, 3.8) is 0 Å². The van der Waals surface area contributed by atoms with Gasteiger partial charge in [0.05, 0.1) is 7.11 Å². The molecule has 0 saturated heterocycles. The number of methoxy groups -OCH3 is 1. The van der Waals surface area contributed by atoms with Gasteiger partial charge in [-0.25, -0.2) is 0 Å². The van der Waals surface area contributed by atoms with Crippen molar-refractivity contribution in [1.82, 2.24) is 10.2 Å². The number of hydrogen-bond acceptors (Lipinski definition) is 3. The minimum absolute atomic E-state index is 0.00171. The van der Waals surface area contributed by atoms with Gasteiger partial charge in [-0.3, -0.25) is 9.59 Å². The van der Waals surface area contributed by atoms with E-state index in [4.69, 9.17) is 16.3 Å².